The van der Waals surface area contributed by atoms with Crippen LogP contribution in [-0.2, 0) is 10.0 Å². The van der Waals surface area contributed by atoms with Crippen LogP contribution in [0.2, 0.25) is 0 Å². The van der Waals surface area contributed by atoms with Crippen molar-refractivity contribution in [3.63, 3.8) is 0 Å². The summed E-state index contributed by atoms with van der Waals surface area (Å²) in [7, 11) is -3.62. The molecule has 0 spiro atoms. The van der Waals surface area contributed by atoms with Crippen molar-refractivity contribution in [2.45, 2.75) is 32.1 Å². The number of alkyl halides is 2. The molecule has 2 N–H and O–H groups in total. The molecule has 0 aromatic carbocycles. The Labute approximate surface area is 76.4 Å². The van der Waals surface area contributed by atoms with E-state index < -0.39 is 21.9 Å². The van der Waals surface area contributed by atoms with Crippen molar-refractivity contribution in [1.82, 2.24) is 0 Å². The van der Waals surface area contributed by atoms with Crippen molar-refractivity contribution in [3.05, 3.63) is 0 Å². The average Bonchev–Trinajstić information content (AvgIpc) is 1.78. The summed E-state index contributed by atoms with van der Waals surface area (Å²) in [6, 6.07) is 0. The normalized spacial score (nSPS) is 21.5. The van der Waals surface area contributed by atoms with Crippen LogP contribution in [0.1, 0.15) is 25.7 Å². The van der Waals surface area contributed by atoms with E-state index in [1.165, 1.54) is 0 Å². The van der Waals surface area contributed by atoms with E-state index in [9.17, 15) is 17.2 Å². The molecule has 6 heteroatoms. The quantitative estimate of drug-likeness (QED) is 0.760. The maximum absolute atomic E-state index is 12.1. The fourth-order valence-electron chi connectivity index (χ4n) is 1.84. The van der Waals surface area contributed by atoms with E-state index in [1.54, 1.807) is 0 Å². The number of hydrogen-bond acceptors (Lipinski definition) is 2. The second-order valence-corrected chi connectivity index (χ2v) is 5.37. The Kier molecular flexibility index (Phi) is 2.91. The van der Waals surface area contributed by atoms with E-state index in [-0.39, 0.29) is 12.2 Å². The van der Waals surface area contributed by atoms with Gasteiger partial charge in [-0.2, -0.15) is 0 Å². The van der Waals surface area contributed by atoms with Crippen LogP contribution in [0.25, 0.3) is 0 Å². The zero-order valence-electron chi connectivity index (χ0n) is 7.17. The standard InChI is InChI=1S/C7H13F2NO2S/c8-6(9)4-7(2-1-3-7)5-13(10,11)12/h6H,1-5H2,(H2,10,11,12). The van der Waals surface area contributed by atoms with Crippen molar-refractivity contribution >= 4 is 10.0 Å². The van der Waals surface area contributed by atoms with Crippen LogP contribution in [0, 0.1) is 5.41 Å². The Morgan fingerprint density at radius 1 is 1.38 bits per heavy atom. The minimum atomic E-state index is -3.62. The zero-order valence-corrected chi connectivity index (χ0v) is 7.99. The predicted octanol–water partition coefficient (Wildman–Crippen LogP) is 1.10. The predicted molar refractivity (Wildman–Crippen MR) is 44.9 cm³/mol. The van der Waals surface area contributed by atoms with Crippen LogP contribution < -0.4 is 5.14 Å². The molecule has 3 nitrogen and oxygen atoms in total. The van der Waals surface area contributed by atoms with E-state index in [0.29, 0.717) is 12.8 Å². The van der Waals surface area contributed by atoms with Crippen LogP contribution in [-0.4, -0.2) is 20.6 Å². The molecule has 0 aliphatic heterocycles. The highest BCUT2D eigenvalue weighted by atomic mass is 32.2. The third kappa shape index (κ3) is 3.19. The molecule has 0 atom stereocenters. The lowest BCUT2D eigenvalue weighted by Gasteiger charge is -2.40. The average molecular weight is 213 g/mol. The first-order valence-corrected chi connectivity index (χ1v) is 5.83. The highest BCUT2D eigenvalue weighted by molar-refractivity contribution is 7.89. The molecule has 0 aromatic rings. The molecule has 1 rings (SSSR count). The third-order valence-corrected chi connectivity index (χ3v) is 3.52. The lowest BCUT2D eigenvalue weighted by atomic mass is 9.68. The van der Waals surface area contributed by atoms with Crippen LogP contribution in [0.15, 0.2) is 0 Å². The largest absolute Gasteiger partial charge is 0.239 e. The molecule has 0 radical (unpaired) electrons. The van der Waals surface area contributed by atoms with Gasteiger partial charge < -0.3 is 0 Å². The van der Waals surface area contributed by atoms with Crippen LogP contribution >= 0.6 is 0 Å². The number of rotatable bonds is 4. The van der Waals surface area contributed by atoms with Crippen molar-refractivity contribution in [2.24, 2.45) is 10.6 Å². The van der Waals surface area contributed by atoms with Gasteiger partial charge in [0.2, 0.25) is 16.4 Å². The minimum absolute atomic E-state index is 0.301. The van der Waals surface area contributed by atoms with Crippen LogP contribution in [0.5, 0.6) is 0 Å². The third-order valence-electron chi connectivity index (χ3n) is 2.51. The van der Waals surface area contributed by atoms with Gasteiger partial charge in [0.1, 0.15) is 0 Å². The second kappa shape index (κ2) is 3.49. The maximum Gasteiger partial charge on any atom is 0.239 e. The molecule has 1 aliphatic carbocycles. The highest BCUT2D eigenvalue weighted by Gasteiger charge is 2.42. The van der Waals surface area contributed by atoms with E-state index >= 15 is 0 Å². The molecule has 0 unspecified atom stereocenters. The number of sulfonamides is 1. The molecule has 0 bridgehead atoms. The van der Waals surface area contributed by atoms with Crippen molar-refractivity contribution in [1.29, 1.82) is 0 Å². The van der Waals surface area contributed by atoms with E-state index in [1.807, 2.05) is 0 Å². The molecule has 0 amide bonds. The summed E-state index contributed by atoms with van der Waals surface area (Å²) < 4.78 is 45.7. The summed E-state index contributed by atoms with van der Waals surface area (Å²) in [6.07, 6.45) is -0.866. The van der Waals surface area contributed by atoms with Gasteiger partial charge in [0, 0.05) is 6.42 Å². The summed E-state index contributed by atoms with van der Waals surface area (Å²) in [5.74, 6) is -0.301. The number of primary sulfonamides is 1. The first kappa shape index (κ1) is 10.8. The molecular formula is C7H13F2NO2S. The fourth-order valence-corrected chi connectivity index (χ4v) is 3.10. The molecule has 1 fully saturated rings. The molecule has 13 heavy (non-hydrogen) atoms. The van der Waals surface area contributed by atoms with Crippen molar-refractivity contribution in [3.8, 4) is 0 Å². The molecule has 0 aromatic heterocycles. The summed E-state index contributed by atoms with van der Waals surface area (Å²) in [4.78, 5) is 0. The van der Waals surface area contributed by atoms with Gasteiger partial charge in [0.15, 0.2) is 0 Å². The summed E-state index contributed by atoms with van der Waals surface area (Å²) in [6.45, 7) is 0. The molecule has 1 aliphatic rings. The van der Waals surface area contributed by atoms with Gasteiger partial charge in [-0.25, -0.2) is 22.3 Å². The lowest BCUT2D eigenvalue weighted by molar-refractivity contribution is 0.0381. The highest BCUT2D eigenvalue weighted by Crippen LogP contribution is 2.46. The van der Waals surface area contributed by atoms with E-state index in [2.05, 4.69) is 0 Å². The first-order chi connectivity index (χ1) is 5.83. The second-order valence-electron chi connectivity index (χ2n) is 3.76. The van der Waals surface area contributed by atoms with Gasteiger partial charge in [-0.05, 0) is 18.3 Å². The Balaban J connectivity index is 2.60. The number of nitrogens with two attached hydrogens (primary N) is 1. The van der Waals surface area contributed by atoms with Gasteiger partial charge in [0.05, 0.1) is 5.75 Å². The zero-order chi connectivity index (χ0) is 10.1. The monoisotopic (exact) mass is 213 g/mol. The van der Waals surface area contributed by atoms with Gasteiger partial charge in [-0.15, -0.1) is 0 Å². The maximum atomic E-state index is 12.1. The topological polar surface area (TPSA) is 60.2 Å². The van der Waals surface area contributed by atoms with Crippen LogP contribution in [0.4, 0.5) is 8.78 Å². The first-order valence-electron chi connectivity index (χ1n) is 4.12. The Hall–Kier alpha value is -0.230. The molecule has 0 heterocycles. The smallest absolute Gasteiger partial charge is 0.229 e. The molecule has 0 saturated heterocycles. The van der Waals surface area contributed by atoms with Crippen molar-refractivity contribution in [2.75, 3.05) is 5.75 Å². The summed E-state index contributed by atoms with van der Waals surface area (Å²) in [5.41, 5.74) is -0.734. The summed E-state index contributed by atoms with van der Waals surface area (Å²) >= 11 is 0. The Bertz CT molecular complexity index is 272. The van der Waals surface area contributed by atoms with Gasteiger partial charge in [-0.3, -0.25) is 0 Å². The Morgan fingerprint density at radius 3 is 2.15 bits per heavy atom. The van der Waals surface area contributed by atoms with E-state index in [4.69, 9.17) is 5.14 Å². The number of halogens is 2. The Morgan fingerprint density at radius 2 is 1.92 bits per heavy atom. The molecule has 1 saturated carbocycles. The summed E-state index contributed by atoms with van der Waals surface area (Å²) in [5, 5.41) is 4.83. The van der Waals surface area contributed by atoms with Gasteiger partial charge in [-0.1, -0.05) is 6.42 Å². The number of hydrogen-bond donors (Lipinski definition) is 1. The van der Waals surface area contributed by atoms with Gasteiger partial charge in [0.25, 0.3) is 0 Å². The molecule has 78 valence electrons. The lowest BCUT2D eigenvalue weighted by Crippen LogP contribution is -2.40. The van der Waals surface area contributed by atoms with Crippen molar-refractivity contribution < 1.29 is 17.2 Å². The van der Waals surface area contributed by atoms with Gasteiger partial charge >= 0.3 is 0 Å². The molecular weight excluding hydrogens is 200 g/mol. The van der Waals surface area contributed by atoms with Crippen LogP contribution in [0.3, 0.4) is 0 Å². The SMILES string of the molecule is NS(=O)(=O)CC1(CC(F)F)CCC1. The fraction of sp³-hybridized carbons (Fsp3) is 1.00. The minimum Gasteiger partial charge on any atom is -0.229 e. The van der Waals surface area contributed by atoms with E-state index in [0.717, 1.165) is 6.42 Å².